The number of hydrogen-bond donors (Lipinski definition) is 1. The molecule has 1 aromatic rings. The number of nitrogens with zero attached hydrogens (tertiary/aromatic N) is 2. The Morgan fingerprint density at radius 3 is 2.62 bits per heavy atom. The first-order chi connectivity index (χ1) is 10.1. The van der Waals surface area contributed by atoms with Crippen molar-refractivity contribution in [3.05, 3.63) is 53.5 Å². The molecule has 116 valence electrons. The number of aromatic hydroxyl groups is 1. The largest absolute Gasteiger partial charge is 0.503 e. The summed E-state index contributed by atoms with van der Waals surface area (Å²) in [5.41, 5.74) is 0.503. The lowest BCUT2D eigenvalue weighted by molar-refractivity contribution is 0.189. The number of pyridine rings is 1. The molecule has 1 heterocycles. The van der Waals surface area contributed by atoms with E-state index in [0.717, 1.165) is 12.1 Å². The maximum atomic E-state index is 11.7. The normalized spacial score (nSPS) is 10.8. The van der Waals surface area contributed by atoms with Gasteiger partial charge in [-0.2, -0.15) is 0 Å². The molecule has 0 atom stereocenters. The van der Waals surface area contributed by atoms with Crippen LogP contribution in [0.3, 0.4) is 0 Å². The summed E-state index contributed by atoms with van der Waals surface area (Å²) < 4.78 is 6.94. The molecule has 0 aromatic carbocycles. The van der Waals surface area contributed by atoms with Gasteiger partial charge in [0.15, 0.2) is 5.75 Å². The van der Waals surface area contributed by atoms with Crippen LogP contribution in [-0.2, 0) is 17.8 Å². The molecule has 1 N–H and O–H groups in total. The molecular formula is C16H24N2O3. The summed E-state index contributed by atoms with van der Waals surface area (Å²) in [6.45, 7) is 10.8. The fraction of sp³-hybridized carbons (Fsp3) is 0.438. The first kappa shape index (κ1) is 17.2. The monoisotopic (exact) mass is 292 g/mol. The van der Waals surface area contributed by atoms with Crippen molar-refractivity contribution in [3.63, 3.8) is 0 Å². The van der Waals surface area contributed by atoms with Crippen LogP contribution in [-0.4, -0.2) is 41.4 Å². The van der Waals surface area contributed by atoms with Crippen LogP contribution < -0.4 is 5.43 Å². The Morgan fingerprint density at radius 1 is 1.38 bits per heavy atom. The zero-order valence-corrected chi connectivity index (χ0v) is 12.6. The number of methoxy groups -OCH3 is 1. The molecule has 0 saturated heterocycles. The fourth-order valence-corrected chi connectivity index (χ4v) is 2.12. The molecular weight excluding hydrogens is 268 g/mol. The smallest absolute Gasteiger partial charge is 0.223 e. The van der Waals surface area contributed by atoms with Gasteiger partial charge in [-0.25, -0.2) is 0 Å². The van der Waals surface area contributed by atoms with Crippen LogP contribution in [0.1, 0.15) is 12.1 Å². The van der Waals surface area contributed by atoms with Gasteiger partial charge in [-0.3, -0.25) is 9.69 Å². The third-order valence-corrected chi connectivity index (χ3v) is 3.10. The summed E-state index contributed by atoms with van der Waals surface area (Å²) in [4.78, 5) is 13.8. The SMILES string of the molecule is C=CCN(CC=C)Cc1cc(=O)c(O)cn1CCCOC. The molecule has 0 amide bonds. The highest BCUT2D eigenvalue weighted by molar-refractivity contribution is 5.20. The van der Waals surface area contributed by atoms with E-state index in [4.69, 9.17) is 4.74 Å². The Bertz CT molecular complexity index is 513. The minimum absolute atomic E-state index is 0.227. The lowest BCUT2D eigenvalue weighted by atomic mass is 10.2. The predicted octanol–water partition coefficient (Wildman–Crippen LogP) is 1.76. The van der Waals surface area contributed by atoms with E-state index in [-0.39, 0.29) is 11.2 Å². The maximum absolute atomic E-state index is 11.7. The molecule has 1 rings (SSSR count). The van der Waals surface area contributed by atoms with Crippen molar-refractivity contribution in [1.29, 1.82) is 0 Å². The van der Waals surface area contributed by atoms with Crippen molar-refractivity contribution < 1.29 is 9.84 Å². The van der Waals surface area contributed by atoms with E-state index in [1.807, 2.05) is 16.7 Å². The summed E-state index contributed by atoms with van der Waals surface area (Å²) >= 11 is 0. The molecule has 0 bridgehead atoms. The molecule has 5 heteroatoms. The van der Waals surface area contributed by atoms with Crippen molar-refractivity contribution in [3.8, 4) is 5.75 Å². The van der Waals surface area contributed by atoms with Crippen molar-refractivity contribution in [2.75, 3.05) is 26.8 Å². The topological polar surface area (TPSA) is 54.7 Å². The molecule has 0 unspecified atom stereocenters. The van der Waals surface area contributed by atoms with Crippen molar-refractivity contribution in [2.45, 2.75) is 19.5 Å². The van der Waals surface area contributed by atoms with Crippen LogP contribution in [0, 0.1) is 0 Å². The van der Waals surface area contributed by atoms with Crippen molar-refractivity contribution >= 4 is 0 Å². The zero-order valence-electron chi connectivity index (χ0n) is 12.6. The Hall–Kier alpha value is -1.85. The Morgan fingerprint density at radius 2 is 2.05 bits per heavy atom. The fourth-order valence-electron chi connectivity index (χ4n) is 2.12. The lowest BCUT2D eigenvalue weighted by Crippen LogP contribution is -2.26. The van der Waals surface area contributed by atoms with Gasteiger partial charge in [-0.1, -0.05) is 12.2 Å². The van der Waals surface area contributed by atoms with Gasteiger partial charge in [0.25, 0.3) is 0 Å². The van der Waals surface area contributed by atoms with E-state index in [9.17, 15) is 9.90 Å². The minimum atomic E-state index is -0.356. The minimum Gasteiger partial charge on any atom is -0.503 e. The van der Waals surface area contributed by atoms with Gasteiger partial charge in [-0.05, 0) is 6.42 Å². The molecule has 5 nitrogen and oxygen atoms in total. The molecule has 0 aliphatic heterocycles. The Labute approximate surface area is 125 Å². The van der Waals surface area contributed by atoms with Crippen LogP contribution in [0.25, 0.3) is 0 Å². The van der Waals surface area contributed by atoms with Gasteiger partial charge >= 0.3 is 0 Å². The highest BCUT2D eigenvalue weighted by Gasteiger charge is 2.09. The number of aromatic nitrogens is 1. The zero-order chi connectivity index (χ0) is 15.7. The van der Waals surface area contributed by atoms with Gasteiger partial charge in [-0.15, -0.1) is 13.2 Å². The number of rotatable bonds is 10. The van der Waals surface area contributed by atoms with Crippen LogP contribution >= 0.6 is 0 Å². The van der Waals surface area contributed by atoms with E-state index in [0.29, 0.717) is 32.8 Å². The maximum Gasteiger partial charge on any atom is 0.223 e. The molecule has 0 spiro atoms. The highest BCUT2D eigenvalue weighted by Crippen LogP contribution is 2.09. The molecule has 1 aromatic heterocycles. The van der Waals surface area contributed by atoms with E-state index in [1.165, 1.54) is 12.3 Å². The van der Waals surface area contributed by atoms with E-state index in [1.54, 1.807) is 7.11 Å². The summed E-state index contributed by atoms with van der Waals surface area (Å²) in [6.07, 6.45) is 5.94. The lowest BCUT2D eigenvalue weighted by Gasteiger charge is -2.22. The summed E-state index contributed by atoms with van der Waals surface area (Å²) in [7, 11) is 1.65. The third kappa shape index (κ3) is 5.57. The van der Waals surface area contributed by atoms with Gasteiger partial charge < -0.3 is 14.4 Å². The average molecular weight is 292 g/mol. The Kier molecular flexibility index (Phi) is 7.50. The average Bonchev–Trinajstić information content (AvgIpc) is 2.44. The van der Waals surface area contributed by atoms with Crippen molar-refractivity contribution in [1.82, 2.24) is 9.47 Å². The van der Waals surface area contributed by atoms with E-state index >= 15 is 0 Å². The summed E-state index contributed by atoms with van der Waals surface area (Å²) in [5, 5.41) is 9.61. The second-order valence-electron chi connectivity index (χ2n) is 4.83. The summed E-state index contributed by atoms with van der Waals surface area (Å²) in [5.74, 6) is -0.227. The van der Waals surface area contributed by atoms with Gasteiger partial charge in [0.2, 0.25) is 5.43 Å². The first-order valence-electron chi connectivity index (χ1n) is 6.97. The molecule has 21 heavy (non-hydrogen) atoms. The van der Waals surface area contributed by atoms with Crippen LogP contribution in [0.5, 0.6) is 5.75 Å². The van der Waals surface area contributed by atoms with Crippen LogP contribution in [0.15, 0.2) is 42.4 Å². The highest BCUT2D eigenvalue weighted by atomic mass is 16.5. The first-order valence-corrected chi connectivity index (χ1v) is 6.97. The Balaban J connectivity index is 2.95. The quantitative estimate of drug-likeness (QED) is 0.527. The third-order valence-electron chi connectivity index (χ3n) is 3.10. The summed E-state index contributed by atoms with van der Waals surface area (Å²) in [6, 6.07) is 1.49. The molecule has 0 radical (unpaired) electrons. The molecule has 0 aliphatic carbocycles. The number of ether oxygens (including phenoxy) is 1. The second-order valence-corrected chi connectivity index (χ2v) is 4.83. The van der Waals surface area contributed by atoms with Gasteiger partial charge in [0.1, 0.15) is 0 Å². The van der Waals surface area contributed by atoms with Gasteiger partial charge in [0, 0.05) is 51.7 Å². The number of hydrogen-bond acceptors (Lipinski definition) is 4. The van der Waals surface area contributed by atoms with Gasteiger partial charge in [0.05, 0.1) is 6.20 Å². The number of aryl methyl sites for hydroxylation is 1. The predicted molar refractivity (Wildman–Crippen MR) is 84.5 cm³/mol. The van der Waals surface area contributed by atoms with E-state index in [2.05, 4.69) is 18.1 Å². The molecule has 0 fully saturated rings. The molecule has 0 aliphatic rings. The van der Waals surface area contributed by atoms with Crippen molar-refractivity contribution in [2.24, 2.45) is 0 Å². The van der Waals surface area contributed by atoms with E-state index < -0.39 is 0 Å². The van der Waals surface area contributed by atoms with Crippen LogP contribution in [0.2, 0.25) is 0 Å². The van der Waals surface area contributed by atoms with Crippen LogP contribution in [0.4, 0.5) is 0 Å². The molecule has 0 saturated carbocycles. The standard InChI is InChI=1S/C16H24N2O3/c1-4-7-17(8-5-2)12-14-11-15(19)16(20)13-18(14)9-6-10-21-3/h4-5,11,13,20H,1-2,6-10,12H2,3H3. The second kappa shape index (κ2) is 9.15.